The zero-order valence-electron chi connectivity index (χ0n) is 22.0. The molecule has 0 aliphatic carbocycles. The molecule has 0 aliphatic heterocycles. The van der Waals surface area contributed by atoms with Crippen LogP contribution < -0.4 is 10.9 Å². The third-order valence-corrected chi connectivity index (χ3v) is 6.67. The molecule has 1 nitrogen and oxygen atoms in total. The Kier molecular flexibility index (Phi) is 7.73. The van der Waals surface area contributed by atoms with Gasteiger partial charge >= 0.3 is 0 Å². The maximum absolute atomic E-state index is 2.30. The lowest BCUT2D eigenvalue weighted by molar-refractivity contribution is 0.463. The highest BCUT2D eigenvalue weighted by molar-refractivity contribution is 7.00. The van der Waals surface area contributed by atoms with Gasteiger partial charge in [0.2, 0.25) is 6.71 Å². The van der Waals surface area contributed by atoms with Gasteiger partial charge in [-0.1, -0.05) is 136 Å². The van der Waals surface area contributed by atoms with Crippen molar-refractivity contribution >= 4 is 28.7 Å². The summed E-state index contributed by atoms with van der Waals surface area (Å²) in [7, 11) is 4.32. The first-order valence-electron chi connectivity index (χ1n) is 12.5. The summed E-state index contributed by atoms with van der Waals surface area (Å²) in [6.07, 6.45) is 0. The van der Waals surface area contributed by atoms with Crippen LogP contribution in [0, 0.1) is 27.7 Å². The van der Waals surface area contributed by atoms with Crippen molar-refractivity contribution in [3.63, 3.8) is 0 Å². The third-order valence-electron chi connectivity index (χ3n) is 6.67. The van der Waals surface area contributed by atoms with E-state index in [9.17, 15) is 0 Å². The van der Waals surface area contributed by atoms with E-state index in [4.69, 9.17) is 0 Å². The van der Waals surface area contributed by atoms with Crippen molar-refractivity contribution in [3.05, 3.63) is 130 Å². The Morgan fingerprint density at radius 3 is 1.23 bits per heavy atom. The lowest BCUT2D eigenvalue weighted by atomic mass is 9.34. The Balaban J connectivity index is 2.08. The number of nitrogens with zero attached hydrogens (tertiary/aromatic N) is 1. The fourth-order valence-corrected chi connectivity index (χ4v) is 4.69. The molecule has 0 unspecified atom stereocenters. The summed E-state index contributed by atoms with van der Waals surface area (Å²) >= 11 is 0. The molecule has 4 aromatic rings. The minimum absolute atomic E-state index is 0.121. The van der Waals surface area contributed by atoms with Gasteiger partial charge in [0.15, 0.2) is 0 Å². The second-order valence-corrected chi connectivity index (χ2v) is 10.1. The van der Waals surface area contributed by atoms with Crippen molar-refractivity contribution < 1.29 is 0 Å². The smallest absolute Gasteiger partial charge is 0.242 e. The third kappa shape index (κ3) is 6.02. The van der Waals surface area contributed by atoms with E-state index in [2.05, 4.69) is 144 Å². The Morgan fingerprint density at radius 2 is 0.857 bits per heavy atom. The van der Waals surface area contributed by atoms with Crippen LogP contribution in [0.5, 0.6) is 0 Å². The molecule has 0 spiro atoms. The van der Waals surface area contributed by atoms with Crippen LogP contribution in [0.1, 0.15) is 33.4 Å². The highest BCUT2D eigenvalue weighted by Gasteiger charge is 2.28. The summed E-state index contributed by atoms with van der Waals surface area (Å²) in [6.45, 7) is 9.61. The van der Waals surface area contributed by atoms with Crippen LogP contribution in [0.3, 0.4) is 0 Å². The molecule has 0 N–H and O–H groups in total. The molecule has 0 fully saturated rings. The molecule has 176 valence electrons. The van der Waals surface area contributed by atoms with Crippen LogP contribution >= 0.6 is 0 Å². The van der Waals surface area contributed by atoms with E-state index in [-0.39, 0.29) is 6.71 Å². The van der Waals surface area contributed by atoms with Gasteiger partial charge in [0.1, 0.15) is 0 Å². The number of likely N-dealkylation sites (N-methyl/N-ethyl adjacent to an activating group) is 1. The molecule has 0 bridgehead atoms. The van der Waals surface area contributed by atoms with Crippen molar-refractivity contribution in [2.45, 2.75) is 27.7 Å². The summed E-state index contributed by atoms with van der Waals surface area (Å²) in [4.78, 5) is 2.28. The van der Waals surface area contributed by atoms with Crippen molar-refractivity contribution in [3.8, 4) is 0 Å². The number of hydrogen-bond donors (Lipinski definition) is 0. The van der Waals surface area contributed by atoms with Crippen LogP contribution in [-0.4, -0.2) is 32.3 Å². The van der Waals surface area contributed by atoms with E-state index in [0.29, 0.717) is 0 Å². The van der Waals surface area contributed by atoms with Crippen molar-refractivity contribution in [2.75, 3.05) is 20.6 Å². The Bertz CT molecular complexity index is 1230. The molecule has 0 saturated carbocycles. The van der Waals surface area contributed by atoms with E-state index >= 15 is 0 Å². The SMILES string of the molecule is Cc1ccc(B(/C(=C(\CN(C)C)c2ccc(C)cc2)c2ccc(C)cc2)c2ccc(C)cc2)cc1. The molecule has 0 atom stereocenters. The Labute approximate surface area is 212 Å². The quantitative estimate of drug-likeness (QED) is 0.235. The molecule has 35 heavy (non-hydrogen) atoms. The Hall–Kier alpha value is -3.36. The molecule has 0 aromatic heterocycles. The first kappa shape index (κ1) is 24.8. The van der Waals surface area contributed by atoms with Crippen molar-refractivity contribution in [1.82, 2.24) is 4.90 Å². The first-order chi connectivity index (χ1) is 16.8. The molecule has 0 heterocycles. The van der Waals surface area contributed by atoms with Crippen LogP contribution in [0.2, 0.25) is 0 Å². The summed E-state index contributed by atoms with van der Waals surface area (Å²) in [5.41, 5.74) is 13.1. The number of aryl methyl sites for hydroxylation is 4. The molecule has 2 heteroatoms. The molecule has 4 rings (SSSR count). The maximum Gasteiger partial charge on any atom is 0.242 e. The highest BCUT2D eigenvalue weighted by Crippen LogP contribution is 2.30. The minimum Gasteiger partial charge on any atom is -0.305 e. The zero-order chi connectivity index (χ0) is 24.9. The number of hydrogen-bond acceptors (Lipinski definition) is 1. The Morgan fingerprint density at radius 1 is 0.514 bits per heavy atom. The molecule has 0 saturated heterocycles. The summed E-state index contributed by atoms with van der Waals surface area (Å²) in [5, 5.41) is 0. The molecular weight excluding hydrogens is 421 g/mol. The average molecular weight is 457 g/mol. The van der Waals surface area contributed by atoms with Crippen molar-refractivity contribution in [1.29, 1.82) is 0 Å². The van der Waals surface area contributed by atoms with Crippen LogP contribution in [0.4, 0.5) is 0 Å². The lowest BCUT2D eigenvalue weighted by Crippen LogP contribution is -2.44. The predicted molar refractivity (Wildman–Crippen MR) is 155 cm³/mol. The maximum atomic E-state index is 2.30. The summed E-state index contributed by atoms with van der Waals surface area (Å²) < 4.78 is 0. The second kappa shape index (κ2) is 10.9. The summed E-state index contributed by atoms with van der Waals surface area (Å²) in [6, 6.07) is 36.2. The van der Waals surface area contributed by atoms with Gasteiger partial charge in [0.05, 0.1) is 0 Å². The van der Waals surface area contributed by atoms with Crippen LogP contribution in [0.25, 0.3) is 11.0 Å². The first-order valence-corrected chi connectivity index (χ1v) is 12.5. The highest BCUT2D eigenvalue weighted by atomic mass is 15.0. The van der Waals surface area contributed by atoms with Gasteiger partial charge in [0, 0.05) is 6.54 Å². The molecule has 0 radical (unpaired) electrons. The van der Waals surface area contributed by atoms with Gasteiger partial charge in [-0.25, -0.2) is 0 Å². The van der Waals surface area contributed by atoms with E-state index in [1.54, 1.807) is 0 Å². The zero-order valence-corrected chi connectivity index (χ0v) is 22.0. The van der Waals surface area contributed by atoms with Gasteiger partial charge < -0.3 is 4.90 Å². The van der Waals surface area contributed by atoms with Gasteiger partial charge in [-0.2, -0.15) is 0 Å². The van der Waals surface area contributed by atoms with Gasteiger partial charge in [-0.15, -0.1) is 0 Å². The molecule has 4 aromatic carbocycles. The van der Waals surface area contributed by atoms with Gasteiger partial charge in [0.25, 0.3) is 0 Å². The average Bonchev–Trinajstić information content (AvgIpc) is 2.84. The van der Waals surface area contributed by atoms with E-state index in [1.165, 1.54) is 55.4 Å². The topological polar surface area (TPSA) is 3.24 Å². The fourth-order valence-electron chi connectivity index (χ4n) is 4.69. The standard InChI is InChI=1S/C33H36BN/c1-24-7-15-28(16-8-24)32(23-35(5)6)33(29-17-9-25(2)10-18-29)34(30-19-11-26(3)12-20-30)31-21-13-27(4)14-22-31/h7-22H,23H2,1-6H3/b33-32+. The normalized spacial score (nSPS) is 12.0. The van der Waals surface area contributed by atoms with Crippen LogP contribution in [0.15, 0.2) is 97.1 Å². The van der Waals surface area contributed by atoms with E-state index < -0.39 is 0 Å². The van der Waals surface area contributed by atoms with Gasteiger partial charge in [-0.3, -0.25) is 0 Å². The number of benzene rings is 4. The van der Waals surface area contributed by atoms with E-state index in [1.807, 2.05) is 0 Å². The second-order valence-electron chi connectivity index (χ2n) is 10.1. The molecular formula is C33H36BN. The molecule has 0 aliphatic rings. The largest absolute Gasteiger partial charge is 0.305 e. The number of rotatable bonds is 7. The molecule has 0 amide bonds. The monoisotopic (exact) mass is 457 g/mol. The van der Waals surface area contributed by atoms with E-state index in [0.717, 1.165) is 6.54 Å². The van der Waals surface area contributed by atoms with Gasteiger partial charge in [-0.05, 0) is 58.5 Å². The van der Waals surface area contributed by atoms with Crippen molar-refractivity contribution in [2.24, 2.45) is 0 Å². The predicted octanol–water partition coefficient (Wildman–Crippen LogP) is 6.24. The van der Waals surface area contributed by atoms with Crippen LogP contribution in [-0.2, 0) is 0 Å². The fraction of sp³-hybridized carbons (Fsp3) is 0.212. The minimum atomic E-state index is 0.121. The summed E-state index contributed by atoms with van der Waals surface area (Å²) in [5.74, 6) is 0. The lowest BCUT2D eigenvalue weighted by Gasteiger charge is -2.26.